The molecule has 1 fully saturated rings. The Morgan fingerprint density at radius 2 is 1.88 bits per heavy atom. The zero-order valence-corrected chi connectivity index (χ0v) is 24.0. The van der Waals surface area contributed by atoms with E-state index in [4.69, 9.17) is 14.0 Å². The highest BCUT2D eigenvalue weighted by Crippen LogP contribution is 2.38. The highest BCUT2D eigenvalue weighted by Gasteiger charge is 2.30. The van der Waals surface area contributed by atoms with Crippen molar-refractivity contribution in [3.63, 3.8) is 0 Å². The smallest absolute Gasteiger partial charge is 0.272 e. The number of para-hydroxylation sites is 1. The molecule has 3 N–H and O–H groups in total. The van der Waals surface area contributed by atoms with Crippen LogP contribution in [-0.4, -0.2) is 80.2 Å². The first-order chi connectivity index (χ1) is 18.8. The third kappa shape index (κ3) is 7.84. The Balaban J connectivity index is 1.63. The van der Waals surface area contributed by atoms with Crippen LogP contribution < -0.4 is 20.7 Å². The lowest BCUT2D eigenvalue weighted by Crippen LogP contribution is -2.50. The van der Waals surface area contributed by atoms with E-state index < -0.39 is 11.1 Å². The van der Waals surface area contributed by atoms with E-state index in [0.717, 1.165) is 12.8 Å². The average Bonchev–Trinajstić information content (AvgIpc) is 3.61. The maximum Gasteiger partial charge on any atom is 0.272 e. The molecule has 2 amide bonds. The zero-order chi connectivity index (χ0) is 29.1. The molecular weight excluding hydrogens is 511 g/mol. The molecule has 0 bridgehead atoms. The number of rotatable bonds is 11. The number of aromatic nitrogens is 4. The van der Waals surface area contributed by atoms with Gasteiger partial charge in [0, 0.05) is 18.4 Å². The molecule has 1 aliphatic rings. The molecule has 12 nitrogen and oxygen atoms in total. The van der Waals surface area contributed by atoms with Crippen LogP contribution in [0.15, 0.2) is 28.8 Å². The van der Waals surface area contributed by atoms with Crippen LogP contribution in [0.2, 0.25) is 0 Å². The van der Waals surface area contributed by atoms with E-state index in [2.05, 4.69) is 36.3 Å². The Kier molecular flexibility index (Phi) is 8.52. The molecule has 4 rings (SSSR count). The summed E-state index contributed by atoms with van der Waals surface area (Å²) in [6.07, 6.45) is 2.19. The first kappa shape index (κ1) is 29.1. The number of hydrogen-bond donors (Lipinski definition) is 3. The van der Waals surface area contributed by atoms with Crippen LogP contribution in [0.25, 0.3) is 11.5 Å². The molecule has 0 spiro atoms. The predicted octanol–water partition coefficient (Wildman–Crippen LogP) is 0.225. The number of benzene rings is 1. The third-order valence-corrected chi connectivity index (χ3v) is 5.74. The van der Waals surface area contributed by atoms with Crippen LogP contribution in [0.5, 0.6) is 5.75 Å². The van der Waals surface area contributed by atoms with Crippen molar-refractivity contribution in [3.8, 4) is 17.2 Å². The number of carbonyl (C=O) groups is 2. The maximum atomic E-state index is 13.1. The molecule has 0 unspecified atom stereocenters. The number of methoxy groups -OCH3 is 1. The fourth-order valence-corrected chi connectivity index (χ4v) is 3.77. The summed E-state index contributed by atoms with van der Waals surface area (Å²) in [5.74, 6) is 0.895. The lowest BCUT2D eigenvalue weighted by atomic mass is 9.49. The van der Waals surface area contributed by atoms with E-state index in [-0.39, 0.29) is 34.8 Å². The summed E-state index contributed by atoms with van der Waals surface area (Å²) < 4.78 is 17.0. The number of amides is 2. The van der Waals surface area contributed by atoms with Gasteiger partial charge in [0.25, 0.3) is 11.8 Å². The number of carbonyl (C=O) groups excluding carboxylic acids is 2. The Bertz CT molecular complexity index is 1380. The summed E-state index contributed by atoms with van der Waals surface area (Å²) in [6.45, 7) is 6.41. The van der Waals surface area contributed by atoms with Gasteiger partial charge in [0.2, 0.25) is 5.91 Å². The fraction of sp³-hybridized carbons (Fsp3) is 0.440. The van der Waals surface area contributed by atoms with Crippen LogP contribution in [0.4, 0.5) is 17.2 Å². The molecule has 0 atom stereocenters. The van der Waals surface area contributed by atoms with Gasteiger partial charge in [0.15, 0.2) is 23.1 Å². The van der Waals surface area contributed by atoms with Crippen molar-refractivity contribution in [1.29, 1.82) is 0 Å². The molecule has 0 saturated heterocycles. The molecular formula is C25H34B3N7O5. The highest BCUT2D eigenvalue weighted by molar-refractivity contribution is 6.60. The van der Waals surface area contributed by atoms with Crippen molar-refractivity contribution in [1.82, 2.24) is 25.7 Å². The van der Waals surface area contributed by atoms with Crippen LogP contribution in [0.3, 0.4) is 0 Å². The van der Waals surface area contributed by atoms with E-state index in [0.29, 0.717) is 41.5 Å². The molecule has 40 heavy (non-hydrogen) atoms. The van der Waals surface area contributed by atoms with Crippen molar-refractivity contribution < 1.29 is 23.6 Å². The van der Waals surface area contributed by atoms with Gasteiger partial charge in [-0.05, 0) is 51.0 Å². The molecule has 208 valence electrons. The molecule has 3 aromatic rings. The van der Waals surface area contributed by atoms with Crippen molar-refractivity contribution in [3.05, 3.63) is 35.8 Å². The molecule has 2 aromatic heterocycles. The largest absolute Gasteiger partial charge is 0.494 e. The van der Waals surface area contributed by atoms with E-state index in [9.17, 15) is 9.59 Å². The topological polar surface area (TPSA) is 153 Å². The minimum Gasteiger partial charge on any atom is -0.494 e. The fourth-order valence-electron chi connectivity index (χ4n) is 3.77. The summed E-state index contributed by atoms with van der Waals surface area (Å²) >= 11 is 0. The third-order valence-electron chi connectivity index (χ3n) is 5.74. The molecule has 0 radical (unpaired) electrons. The quantitative estimate of drug-likeness (QED) is 0.286. The SMILES string of the molecule is BC(B)(B)NC(=O)c1nnc(NC(=O)C2CC2)cc1Nc1cccc(-c2nc(CCOC(C)(C)C)no2)c1OC. The zero-order valence-electron chi connectivity index (χ0n) is 24.0. The Morgan fingerprint density at radius 3 is 2.52 bits per heavy atom. The maximum absolute atomic E-state index is 13.1. The number of anilines is 3. The lowest BCUT2D eigenvalue weighted by Gasteiger charge is -2.21. The van der Waals surface area contributed by atoms with Gasteiger partial charge in [-0.15, -0.1) is 10.2 Å². The molecule has 1 saturated carbocycles. The minimum absolute atomic E-state index is 0.0156. The van der Waals surface area contributed by atoms with E-state index in [1.165, 1.54) is 7.11 Å². The lowest BCUT2D eigenvalue weighted by molar-refractivity contribution is -0.117. The van der Waals surface area contributed by atoms with Crippen LogP contribution in [0.1, 0.15) is 49.9 Å². The monoisotopic (exact) mass is 545 g/mol. The van der Waals surface area contributed by atoms with E-state index in [1.807, 2.05) is 44.3 Å². The van der Waals surface area contributed by atoms with Crippen LogP contribution in [0, 0.1) is 5.92 Å². The summed E-state index contributed by atoms with van der Waals surface area (Å²) in [6, 6.07) is 6.96. The van der Waals surface area contributed by atoms with E-state index in [1.54, 1.807) is 24.3 Å². The van der Waals surface area contributed by atoms with Crippen LogP contribution in [-0.2, 0) is 16.0 Å². The van der Waals surface area contributed by atoms with Crippen LogP contribution >= 0.6 is 0 Å². The van der Waals surface area contributed by atoms with Gasteiger partial charge < -0.3 is 29.9 Å². The minimum atomic E-state index is -0.500. The molecule has 15 heteroatoms. The molecule has 1 aromatic carbocycles. The van der Waals surface area contributed by atoms with Crippen molar-refractivity contribution in [2.75, 3.05) is 24.4 Å². The number of ether oxygens (including phenoxy) is 2. The van der Waals surface area contributed by atoms with Gasteiger partial charge in [0.05, 0.1) is 36.3 Å². The average molecular weight is 545 g/mol. The Labute approximate surface area is 236 Å². The standard InChI is InChI=1S/C25H34B3N7O5/c1-24(2,3)39-11-10-17-31-23(40-35-17)14-6-5-7-15(20(14)38-4)29-16-12-18(30-21(36)13-8-9-13)33-34-19(16)22(37)32-25(26,27)28/h5-7,12-13H,8-11,26-28H2,1-4H3,(H,32,37)(H2,29,30,33,36). The normalized spacial score (nSPS) is 13.5. The van der Waals surface area contributed by atoms with Gasteiger partial charge in [-0.3, -0.25) is 9.59 Å². The van der Waals surface area contributed by atoms with Crippen molar-refractivity contribution in [2.24, 2.45) is 5.92 Å². The number of nitrogens with one attached hydrogen (secondary N) is 3. The summed E-state index contributed by atoms with van der Waals surface area (Å²) in [7, 11) is 7.14. The summed E-state index contributed by atoms with van der Waals surface area (Å²) in [5, 5.41) is 20.7. The van der Waals surface area contributed by atoms with Crippen molar-refractivity contribution in [2.45, 2.75) is 50.9 Å². The first-order valence-corrected chi connectivity index (χ1v) is 13.2. The molecule has 2 heterocycles. The second-order valence-corrected chi connectivity index (χ2v) is 11.7. The Hall–Kier alpha value is -3.87. The van der Waals surface area contributed by atoms with Crippen molar-refractivity contribution >= 4 is 52.5 Å². The van der Waals surface area contributed by atoms with E-state index >= 15 is 0 Å². The first-order valence-electron chi connectivity index (χ1n) is 13.2. The Morgan fingerprint density at radius 1 is 1.12 bits per heavy atom. The number of hydrogen-bond acceptors (Lipinski definition) is 10. The van der Waals surface area contributed by atoms with Gasteiger partial charge in [-0.1, -0.05) is 11.2 Å². The van der Waals surface area contributed by atoms with Gasteiger partial charge in [-0.2, -0.15) is 4.98 Å². The van der Waals surface area contributed by atoms with Gasteiger partial charge in [0.1, 0.15) is 23.5 Å². The number of nitrogens with zero attached hydrogens (tertiary/aromatic N) is 4. The second kappa shape index (κ2) is 11.7. The van der Waals surface area contributed by atoms with Gasteiger partial charge >= 0.3 is 0 Å². The summed E-state index contributed by atoms with van der Waals surface area (Å²) in [5.41, 5.74) is 1.22. The second-order valence-electron chi connectivity index (χ2n) is 11.7. The molecule has 1 aliphatic carbocycles. The molecule has 0 aliphatic heterocycles. The summed E-state index contributed by atoms with van der Waals surface area (Å²) in [4.78, 5) is 30.0. The predicted molar refractivity (Wildman–Crippen MR) is 158 cm³/mol. The highest BCUT2D eigenvalue weighted by atomic mass is 16.5. The van der Waals surface area contributed by atoms with Gasteiger partial charge in [-0.25, -0.2) is 0 Å².